The van der Waals surface area contributed by atoms with Crippen LogP contribution in [-0.4, -0.2) is 17.0 Å². The van der Waals surface area contributed by atoms with E-state index in [1.165, 1.54) is 0 Å². The van der Waals surface area contributed by atoms with Crippen LogP contribution in [0.15, 0.2) is 41.1 Å². The lowest BCUT2D eigenvalue weighted by molar-refractivity contribution is 0.866. The molecule has 0 atom stereocenters. The molecule has 0 amide bonds. The van der Waals surface area contributed by atoms with Crippen LogP contribution in [0.4, 0.5) is 11.6 Å². The zero-order valence-corrected chi connectivity index (χ0v) is 11.1. The van der Waals surface area contributed by atoms with E-state index in [0.717, 1.165) is 15.7 Å². The van der Waals surface area contributed by atoms with E-state index >= 15 is 0 Å². The number of aromatic nitrogens is 2. The number of para-hydroxylation sites is 1. The number of halogens is 1. The number of hydrogen-bond donors (Lipinski definition) is 1. The molecule has 1 heterocycles. The highest BCUT2D eigenvalue weighted by Crippen LogP contribution is 2.16. The average Bonchev–Trinajstić information content (AvgIpc) is 2.33. The lowest BCUT2D eigenvalue weighted by atomic mass is 10.2. The zero-order valence-electron chi connectivity index (χ0n) is 9.47. The summed E-state index contributed by atoms with van der Waals surface area (Å²) in [5.74, 6) is 0.677. The molecule has 0 aliphatic carbocycles. The smallest absolute Gasteiger partial charge is 0.225 e. The molecule has 0 saturated carbocycles. The van der Waals surface area contributed by atoms with Gasteiger partial charge in [0.2, 0.25) is 5.95 Å². The van der Waals surface area contributed by atoms with Crippen LogP contribution < -0.4 is 10.6 Å². The molecule has 0 aliphatic heterocycles. The summed E-state index contributed by atoms with van der Waals surface area (Å²) >= 11 is 3.31. The molecule has 1 aromatic carbocycles. The minimum absolute atomic E-state index is 0.677. The molecule has 1 aromatic heterocycles. The first-order valence-electron chi connectivity index (χ1n) is 5.19. The molecule has 0 spiro atoms. The maximum atomic E-state index is 5.90. The fourth-order valence-electron chi connectivity index (χ4n) is 1.51. The standard InChI is InChI=1S/C12H13BrN4/c1-17(12-15-6-10(13)7-16-12)8-9-4-2-3-5-11(9)14/h2-7H,8,14H2,1H3. The fraction of sp³-hybridized carbons (Fsp3) is 0.167. The second kappa shape index (κ2) is 5.14. The van der Waals surface area contributed by atoms with Crippen LogP contribution in [0.5, 0.6) is 0 Å². The Labute approximate surface area is 109 Å². The highest BCUT2D eigenvalue weighted by atomic mass is 79.9. The van der Waals surface area contributed by atoms with Gasteiger partial charge in [-0.1, -0.05) is 18.2 Å². The molecule has 2 N–H and O–H groups in total. The number of anilines is 2. The molecule has 2 rings (SSSR count). The zero-order chi connectivity index (χ0) is 12.3. The Balaban J connectivity index is 2.14. The second-order valence-corrected chi connectivity index (χ2v) is 4.67. The SMILES string of the molecule is CN(Cc1ccccc1N)c1ncc(Br)cn1. The third-order valence-electron chi connectivity index (χ3n) is 2.41. The lowest BCUT2D eigenvalue weighted by Gasteiger charge is -2.17. The summed E-state index contributed by atoms with van der Waals surface area (Å²) in [4.78, 5) is 10.4. The van der Waals surface area contributed by atoms with Crippen LogP contribution in [0.3, 0.4) is 0 Å². The number of nitrogens with two attached hydrogens (primary N) is 1. The van der Waals surface area contributed by atoms with E-state index in [-0.39, 0.29) is 0 Å². The molecular weight excluding hydrogens is 280 g/mol. The number of rotatable bonds is 3. The maximum absolute atomic E-state index is 5.90. The first-order valence-corrected chi connectivity index (χ1v) is 5.98. The third-order valence-corrected chi connectivity index (χ3v) is 2.82. The normalized spacial score (nSPS) is 10.2. The van der Waals surface area contributed by atoms with E-state index in [0.29, 0.717) is 12.5 Å². The number of hydrogen-bond acceptors (Lipinski definition) is 4. The summed E-state index contributed by atoms with van der Waals surface area (Å²) in [6.07, 6.45) is 3.46. The molecule has 4 nitrogen and oxygen atoms in total. The minimum Gasteiger partial charge on any atom is -0.398 e. The van der Waals surface area contributed by atoms with Gasteiger partial charge in [0.15, 0.2) is 0 Å². The van der Waals surface area contributed by atoms with E-state index in [1.54, 1.807) is 12.4 Å². The Bertz CT molecular complexity index is 498. The number of benzene rings is 1. The predicted molar refractivity (Wildman–Crippen MR) is 72.7 cm³/mol. The van der Waals surface area contributed by atoms with Gasteiger partial charge in [-0.25, -0.2) is 9.97 Å². The van der Waals surface area contributed by atoms with Gasteiger partial charge in [-0.05, 0) is 27.6 Å². The number of nitrogen functional groups attached to an aromatic ring is 1. The molecule has 0 saturated heterocycles. The van der Waals surface area contributed by atoms with Crippen LogP contribution in [0.2, 0.25) is 0 Å². The summed E-state index contributed by atoms with van der Waals surface area (Å²) in [6, 6.07) is 7.80. The van der Waals surface area contributed by atoms with Crippen molar-refractivity contribution in [3.63, 3.8) is 0 Å². The Morgan fingerprint density at radius 1 is 1.24 bits per heavy atom. The summed E-state index contributed by atoms with van der Waals surface area (Å²) in [5.41, 5.74) is 7.76. The van der Waals surface area contributed by atoms with E-state index in [1.807, 2.05) is 36.2 Å². The van der Waals surface area contributed by atoms with Crippen molar-refractivity contribution >= 4 is 27.6 Å². The molecule has 0 bridgehead atoms. The van der Waals surface area contributed by atoms with Crippen molar-refractivity contribution in [3.05, 3.63) is 46.7 Å². The van der Waals surface area contributed by atoms with E-state index < -0.39 is 0 Å². The van der Waals surface area contributed by atoms with Crippen LogP contribution >= 0.6 is 15.9 Å². The topological polar surface area (TPSA) is 55.0 Å². The fourth-order valence-corrected chi connectivity index (χ4v) is 1.71. The van der Waals surface area contributed by atoms with Crippen molar-refractivity contribution in [1.82, 2.24) is 9.97 Å². The summed E-state index contributed by atoms with van der Waals surface area (Å²) in [5, 5.41) is 0. The Morgan fingerprint density at radius 2 is 1.88 bits per heavy atom. The highest BCUT2D eigenvalue weighted by Gasteiger charge is 2.06. The van der Waals surface area contributed by atoms with Crippen LogP contribution in [-0.2, 0) is 6.54 Å². The van der Waals surface area contributed by atoms with E-state index in [9.17, 15) is 0 Å². The summed E-state index contributed by atoms with van der Waals surface area (Å²) in [7, 11) is 1.94. The Hall–Kier alpha value is -1.62. The van der Waals surface area contributed by atoms with Gasteiger partial charge in [-0.2, -0.15) is 0 Å². The van der Waals surface area contributed by atoms with Gasteiger partial charge < -0.3 is 10.6 Å². The van der Waals surface area contributed by atoms with Gasteiger partial charge in [0.25, 0.3) is 0 Å². The predicted octanol–water partition coefficient (Wildman–Crippen LogP) is 2.46. The van der Waals surface area contributed by atoms with Crippen molar-refractivity contribution in [2.45, 2.75) is 6.54 Å². The third kappa shape index (κ3) is 2.94. The highest BCUT2D eigenvalue weighted by molar-refractivity contribution is 9.10. The molecule has 17 heavy (non-hydrogen) atoms. The van der Waals surface area contributed by atoms with Gasteiger partial charge in [0.1, 0.15) is 0 Å². The summed E-state index contributed by atoms with van der Waals surface area (Å²) < 4.78 is 0.869. The van der Waals surface area contributed by atoms with Gasteiger partial charge in [-0.3, -0.25) is 0 Å². The lowest BCUT2D eigenvalue weighted by Crippen LogP contribution is -2.19. The van der Waals surface area contributed by atoms with Crippen molar-refractivity contribution in [1.29, 1.82) is 0 Å². The quantitative estimate of drug-likeness (QED) is 0.883. The molecule has 2 aromatic rings. The van der Waals surface area contributed by atoms with Crippen molar-refractivity contribution < 1.29 is 0 Å². The van der Waals surface area contributed by atoms with Crippen molar-refractivity contribution in [2.75, 3.05) is 17.7 Å². The monoisotopic (exact) mass is 292 g/mol. The van der Waals surface area contributed by atoms with E-state index in [2.05, 4.69) is 25.9 Å². The van der Waals surface area contributed by atoms with Gasteiger partial charge in [0.05, 0.1) is 4.47 Å². The first-order chi connectivity index (χ1) is 8.16. The van der Waals surface area contributed by atoms with Crippen LogP contribution in [0.25, 0.3) is 0 Å². The van der Waals surface area contributed by atoms with Crippen LogP contribution in [0.1, 0.15) is 5.56 Å². The molecular formula is C12H13BrN4. The molecule has 5 heteroatoms. The Kier molecular flexibility index (Phi) is 3.58. The molecule has 0 aliphatic rings. The van der Waals surface area contributed by atoms with Gasteiger partial charge in [0, 0.05) is 31.7 Å². The number of nitrogens with zero attached hydrogens (tertiary/aromatic N) is 3. The molecule has 0 radical (unpaired) electrons. The second-order valence-electron chi connectivity index (χ2n) is 3.76. The Morgan fingerprint density at radius 3 is 2.53 bits per heavy atom. The van der Waals surface area contributed by atoms with Crippen molar-refractivity contribution in [2.24, 2.45) is 0 Å². The first kappa shape index (κ1) is 11.9. The average molecular weight is 293 g/mol. The van der Waals surface area contributed by atoms with Crippen LogP contribution in [0, 0.1) is 0 Å². The minimum atomic E-state index is 0.677. The van der Waals surface area contributed by atoms with Gasteiger partial charge in [-0.15, -0.1) is 0 Å². The molecule has 0 unspecified atom stereocenters. The maximum Gasteiger partial charge on any atom is 0.225 e. The van der Waals surface area contributed by atoms with Crippen molar-refractivity contribution in [3.8, 4) is 0 Å². The van der Waals surface area contributed by atoms with E-state index in [4.69, 9.17) is 5.73 Å². The molecule has 0 fully saturated rings. The largest absolute Gasteiger partial charge is 0.398 e. The molecule has 88 valence electrons. The van der Waals surface area contributed by atoms with Gasteiger partial charge >= 0.3 is 0 Å². The summed E-state index contributed by atoms with van der Waals surface area (Å²) in [6.45, 7) is 0.689.